The minimum Gasteiger partial charge on any atom is -0.344 e. The molecule has 17 heavy (non-hydrogen) atoms. The molecule has 0 saturated heterocycles. The fourth-order valence-electron chi connectivity index (χ4n) is 2.30. The second-order valence-corrected chi connectivity index (χ2v) is 4.87. The zero-order valence-electron chi connectivity index (χ0n) is 10.1. The van der Waals surface area contributed by atoms with Crippen molar-refractivity contribution in [2.45, 2.75) is 38.4 Å². The number of nitrogens with zero attached hydrogens (tertiary/aromatic N) is 3. The maximum absolute atomic E-state index is 5.95. The van der Waals surface area contributed by atoms with E-state index in [0.29, 0.717) is 6.04 Å². The Morgan fingerprint density at radius 2 is 2.35 bits per heavy atom. The Balaban J connectivity index is 1.86. The molecule has 1 fully saturated rings. The normalized spacial score (nSPS) is 17.3. The molecule has 0 spiro atoms. The van der Waals surface area contributed by atoms with Crippen LogP contribution in [0.3, 0.4) is 0 Å². The fraction of sp³-hybridized carbons (Fsp3) is 0.462. The first-order valence-corrected chi connectivity index (χ1v) is 6.17. The smallest absolute Gasteiger partial charge is 0.0951 e. The molecule has 0 aromatic carbocycles. The van der Waals surface area contributed by atoms with Crippen LogP contribution in [-0.2, 0) is 6.54 Å². The lowest BCUT2D eigenvalue weighted by Crippen LogP contribution is -2.13. The van der Waals surface area contributed by atoms with E-state index in [1.165, 1.54) is 24.2 Å². The first kappa shape index (κ1) is 10.6. The van der Waals surface area contributed by atoms with Gasteiger partial charge in [-0.2, -0.15) is 0 Å². The molecule has 0 bridgehead atoms. The molecular weight excluding hydrogens is 212 g/mol. The van der Waals surface area contributed by atoms with Crippen molar-refractivity contribution in [1.82, 2.24) is 14.1 Å². The Labute approximate surface area is 101 Å². The summed E-state index contributed by atoms with van der Waals surface area (Å²) in [5, 5.41) is 0. The standard InChI is InChI=1S/C13H18N4/c1-10(14)13-3-2-6-16(13)8-12-7-15-9-17(12)11-4-5-11/h2-3,6-7,9-11H,4-5,8,14H2,1H3. The van der Waals surface area contributed by atoms with E-state index >= 15 is 0 Å². The average Bonchev–Trinajstić information content (AvgIpc) is 2.86. The van der Waals surface area contributed by atoms with Crippen molar-refractivity contribution in [2.24, 2.45) is 5.73 Å². The zero-order valence-corrected chi connectivity index (χ0v) is 10.1. The van der Waals surface area contributed by atoms with Gasteiger partial charge in [-0.3, -0.25) is 0 Å². The molecular formula is C13H18N4. The van der Waals surface area contributed by atoms with E-state index in [2.05, 4.69) is 32.4 Å². The van der Waals surface area contributed by atoms with Gasteiger partial charge in [-0.15, -0.1) is 0 Å². The number of imidazole rings is 1. The van der Waals surface area contributed by atoms with Crippen LogP contribution >= 0.6 is 0 Å². The van der Waals surface area contributed by atoms with Crippen molar-refractivity contribution in [1.29, 1.82) is 0 Å². The number of hydrogen-bond donors (Lipinski definition) is 1. The topological polar surface area (TPSA) is 48.8 Å². The second-order valence-electron chi connectivity index (χ2n) is 4.87. The van der Waals surface area contributed by atoms with Crippen LogP contribution < -0.4 is 5.73 Å². The molecule has 0 amide bonds. The zero-order chi connectivity index (χ0) is 11.8. The summed E-state index contributed by atoms with van der Waals surface area (Å²) >= 11 is 0. The SMILES string of the molecule is CC(N)c1cccn1Cc1cncn1C1CC1. The van der Waals surface area contributed by atoms with E-state index in [9.17, 15) is 0 Å². The molecule has 90 valence electrons. The van der Waals surface area contributed by atoms with Crippen LogP contribution in [0.15, 0.2) is 30.9 Å². The lowest BCUT2D eigenvalue weighted by molar-refractivity contribution is 0.622. The molecule has 1 aliphatic carbocycles. The second kappa shape index (κ2) is 4.04. The molecule has 1 unspecified atom stereocenters. The Kier molecular flexibility index (Phi) is 2.52. The number of nitrogens with two attached hydrogens (primary N) is 1. The molecule has 1 saturated carbocycles. The van der Waals surface area contributed by atoms with Crippen LogP contribution in [0.2, 0.25) is 0 Å². The maximum atomic E-state index is 5.95. The van der Waals surface area contributed by atoms with E-state index < -0.39 is 0 Å². The molecule has 0 radical (unpaired) electrons. The monoisotopic (exact) mass is 230 g/mol. The van der Waals surface area contributed by atoms with Crippen molar-refractivity contribution in [3.8, 4) is 0 Å². The summed E-state index contributed by atoms with van der Waals surface area (Å²) in [5.41, 5.74) is 8.40. The highest BCUT2D eigenvalue weighted by molar-refractivity contribution is 5.14. The number of hydrogen-bond acceptors (Lipinski definition) is 2. The molecule has 2 aromatic heterocycles. The van der Waals surface area contributed by atoms with Crippen LogP contribution in [0, 0.1) is 0 Å². The van der Waals surface area contributed by atoms with Gasteiger partial charge in [0.15, 0.2) is 0 Å². The van der Waals surface area contributed by atoms with Crippen molar-refractivity contribution in [2.75, 3.05) is 0 Å². The molecule has 1 aliphatic rings. The van der Waals surface area contributed by atoms with Gasteiger partial charge < -0.3 is 14.9 Å². The lowest BCUT2D eigenvalue weighted by atomic mass is 10.2. The largest absolute Gasteiger partial charge is 0.344 e. The summed E-state index contributed by atoms with van der Waals surface area (Å²) in [6.45, 7) is 2.88. The number of rotatable bonds is 4. The van der Waals surface area contributed by atoms with Crippen LogP contribution in [-0.4, -0.2) is 14.1 Å². The quantitative estimate of drug-likeness (QED) is 0.874. The molecule has 3 rings (SSSR count). The van der Waals surface area contributed by atoms with Gasteiger partial charge in [0.1, 0.15) is 0 Å². The molecule has 0 aliphatic heterocycles. The molecule has 4 nitrogen and oxygen atoms in total. The van der Waals surface area contributed by atoms with Gasteiger partial charge >= 0.3 is 0 Å². The van der Waals surface area contributed by atoms with E-state index in [4.69, 9.17) is 5.73 Å². The molecule has 2 aromatic rings. The van der Waals surface area contributed by atoms with Crippen LogP contribution in [0.1, 0.15) is 43.2 Å². The van der Waals surface area contributed by atoms with Gasteiger partial charge in [-0.1, -0.05) is 0 Å². The summed E-state index contributed by atoms with van der Waals surface area (Å²) in [7, 11) is 0. The van der Waals surface area contributed by atoms with Crippen LogP contribution in [0.4, 0.5) is 0 Å². The predicted octanol–water partition coefficient (Wildman–Crippen LogP) is 2.09. The minimum atomic E-state index is 0.0716. The van der Waals surface area contributed by atoms with Crippen LogP contribution in [0.25, 0.3) is 0 Å². The fourth-order valence-corrected chi connectivity index (χ4v) is 2.30. The third kappa shape index (κ3) is 2.00. The van der Waals surface area contributed by atoms with Gasteiger partial charge in [0.25, 0.3) is 0 Å². The summed E-state index contributed by atoms with van der Waals surface area (Å²) in [4.78, 5) is 4.26. The van der Waals surface area contributed by atoms with E-state index in [-0.39, 0.29) is 6.04 Å². The van der Waals surface area contributed by atoms with Gasteiger partial charge in [0, 0.05) is 30.2 Å². The molecule has 4 heteroatoms. The summed E-state index contributed by atoms with van der Waals surface area (Å²) in [5.74, 6) is 0. The summed E-state index contributed by atoms with van der Waals surface area (Å²) < 4.78 is 4.51. The number of aromatic nitrogens is 3. The van der Waals surface area contributed by atoms with Gasteiger partial charge in [0.2, 0.25) is 0 Å². The highest BCUT2D eigenvalue weighted by Crippen LogP contribution is 2.35. The lowest BCUT2D eigenvalue weighted by Gasteiger charge is -2.13. The van der Waals surface area contributed by atoms with Crippen molar-refractivity contribution >= 4 is 0 Å². The van der Waals surface area contributed by atoms with Crippen molar-refractivity contribution < 1.29 is 0 Å². The third-order valence-corrected chi connectivity index (χ3v) is 3.35. The van der Waals surface area contributed by atoms with Gasteiger partial charge in [0.05, 0.1) is 18.6 Å². The summed E-state index contributed by atoms with van der Waals surface area (Å²) in [6.07, 6.45) is 8.57. The van der Waals surface area contributed by atoms with Crippen molar-refractivity contribution in [3.05, 3.63) is 42.2 Å². The van der Waals surface area contributed by atoms with E-state index in [1.54, 1.807) is 0 Å². The Bertz CT molecular complexity index is 467. The maximum Gasteiger partial charge on any atom is 0.0951 e. The van der Waals surface area contributed by atoms with Gasteiger partial charge in [-0.25, -0.2) is 4.98 Å². The minimum absolute atomic E-state index is 0.0716. The van der Waals surface area contributed by atoms with E-state index in [1.807, 2.05) is 19.4 Å². The molecule has 1 atom stereocenters. The summed E-state index contributed by atoms with van der Waals surface area (Å²) in [6, 6.07) is 4.89. The van der Waals surface area contributed by atoms with Gasteiger partial charge in [-0.05, 0) is 31.9 Å². The van der Waals surface area contributed by atoms with Crippen molar-refractivity contribution in [3.63, 3.8) is 0 Å². The Morgan fingerprint density at radius 1 is 1.53 bits per heavy atom. The highest BCUT2D eigenvalue weighted by Gasteiger charge is 2.25. The highest BCUT2D eigenvalue weighted by atomic mass is 15.1. The Morgan fingerprint density at radius 3 is 3.06 bits per heavy atom. The van der Waals surface area contributed by atoms with Crippen LogP contribution in [0.5, 0.6) is 0 Å². The average molecular weight is 230 g/mol. The Hall–Kier alpha value is -1.55. The molecule has 2 N–H and O–H groups in total. The first-order valence-electron chi connectivity index (χ1n) is 6.17. The van der Waals surface area contributed by atoms with E-state index in [0.717, 1.165) is 6.54 Å². The molecule has 2 heterocycles. The first-order chi connectivity index (χ1) is 8.25. The predicted molar refractivity (Wildman–Crippen MR) is 66.6 cm³/mol. The third-order valence-electron chi connectivity index (χ3n) is 3.35.